The van der Waals surface area contributed by atoms with Crippen molar-refractivity contribution in [1.29, 1.82) is 0 Å². The van der Waals surface area contributed by atoms with Gasteiger partial charge in [-0.1, -0.05) is 6.92 Å². The molecule has 3 heteroatoms. The molecule has 0 amide bonds. The molecule has 1 aromatic heterocycles. The first-order valence-electron chi connectivity index (χ1n) is 6.70. The highest BCUT2D eigenvalue weighted by Crippen LogP contribution is 2.35. The minimum Gasteiger partial charge on any atom is -0.464 e. The number of aryl methyl sites for hydroxylation is 1. The zero-order chi connectivity index (χ0) is 12.3. The molecule has 0 radical (unpaired) electrons. The first kappa shape index (κ1) is 12.7. The van der Waals surface area contributed by atoms with Crippen LogP contribution in [-0.4, -0.2) is 17.8 Å². The third-order valence-electron chi connectivity index (χ3n) is 3.55. The second kappa shape index (κ2) is 5.69. The van der Waals surface area contributed by atoms with Crippen molar-refractivity contribution in [2.24, 2.45) is 5.92 Å². The lowest BCUT2D eigenvalue weighted by Gasteiger charge is -2.21. The summed E-state index contributed by atoms with van der Waals surface area (Å²) in [7, 11) is 0. The lowest BCUT2D eigenvalue weighted by molar-refractivity contribution is 0.245. The van der Waals surface area contributed by atoms with E-state index in [0.29, 0.717) is 6.04 Å². The summed E-state index contributed by atoms with van der Waals surface area (Å²) in [6.45, 7) is 4.49. The number of hydrogen-bond acceptors (Lipinski definition) is 3. The Morgan fingerprint density at radius 1 is 1.47 bits per heavy atom. The van der Waals surface area contributed by atoms with Crippen molar-refractivity contribution in [2.45, 2.75) is 51.6 Å². The molecule has 3 nitrogen and oxygen atoms in total. The lowest BCUT2D eigenvalue weighted by atomic mass is 10.1. The van der Waals surface area contributed by atoms with E-state index in [0.717, 1.165) is 30.3 Å². The van der Waals surface area contributed by atoms with Gasteiger partial charge in [-0.15, -0.1) is 0 Å². The van der Waals surface area contributed by atoms with Crippen LogP contribution in [-0.2, 0) is 6.42 Å². The van der Waals surface area contributed by atoms with E-state index >= 15 is 0 Å². The maximum atomic E-state index is 9.08. The minimum absolute atomic E-state index is 0.229. The number of aliphatic hydroxyl groups is 1. The molecule has 1 heterocycles. The van der Waals surface area contributed by atoms with Gasteiger partial charge in [0.1, 0.15) is 11.5 Å². The van der Waals surface area contributed by atoms with Crippen LogP contribution in [0.2, 0.25) is 0 Å². The van der Waals surface area contributed by atoms with E-state index in [2.05, 4.69) is 25.2 Å². The number of furan rings is 1. The molecule has 2 rings (SSSR count). The predicted octanol–water partition coefficient (Wildman–Crippen LogP) is 2.65. The molecule has 1 aliphatic carbocycles. The maximum absolute atomic E-state index is 9.08. The standard InChI is InChI=1S/C14H23NO2/c1-3-12-6-7-14(17-12)10(2)15-13(8-9-16)11-4-5-11/h6-7,10-11,13,15-16H,3-5,8-9H2,1-2H3. The van der Waals surface area contributed by atoms with E-state index < -0.39 is 0 Å². The molecule has 0 bridgehead atoms. The van der Waals surface area contributed by atoms with Crippen molar-refractivity contribution in [2.75, 3.05) is 6.61 Å². The van der Waals surface area contributed by atoms with E-state index in [-0.39, 0.29) is 12.6 Å². The van der Waals surface area contributed by atoms with E-state index in [4.69, 9.17) is 9.52 Å². The summed E-state index contributed by atoms with van der Waals surface area (Å²) < 4.78 is 5.75. The Morgan fingerprint density at radius 2 is 2.24 bits per heavy atom. The van der Waals surface area contributed by atoms with Crippen LogP contribution in [0, 0.1) is 5.92 Å². The smallest absolute Gasteiger partial charge is 0.120 e. The molecular formula is C14H23NO2. The number of rotatable bonds is 7. The maximum Gasteiger partial charge on any atom is 0.120 e. The predicted molar refractivity (Wildman–Crippen MR) is 67.9 cm³/mol. The quantitative estimate of drug-likeness (QED) is 0.766. The molecule has 1 saturated carbocycles. The Morgan fingerprint density at radius 3 is 2.76 bits per heavy atom. The number of nitrogens with one attached hydrogen (secondary N) is 1. The van der Waals surface area contributed by atoms with Gasteiger partial charge < -0.3 is 14.8 Å². The Balaban J connectivity index is 1.91. The molecule has 2 atom stereocenters. The molecule has 2 unspecified atom stereocenters. The van der Waals surface area contributed by atoms with Gasteiger partial charge in [0, 0.05) is 19.1 Å². The van der Waals surface area contributed by atoms with Crippen LogP contribution in [0.15, 0.2) is 16.5 Å². The van der Waals surface area contributed by atoms with Crippen molar-refractivity contribution in [1.82, 2.24) is 5.32 Å². The van der Waals surface area contributed by atoms with Crippen molar-refractivity contribution in [3.05, 3.63) is 23.7 Å². The van der Waals surface area contributed by atoms with E-state index in [1.165, 1.54) is 12.8 Å². The molecule has 1 fully saturated rings. The molecule has 0 aromatic carbocycles. The minimum atomic E-state index is 0.229. The SMILES string of the molecule is CCc1ccc(C(C)NC(CCO)C2CC2)o1. The average Bonchev–Trinajstić information content (AvgIpc) is 3.06. The van der Waals surface area contributed by atoms with E-state index in [1.54, 1.807) is 0 Å². The fraction of sp³-hybridized carbons (Fsp3) is 0.714. The Labute approximate surface area is 103 Å². The van der Waals surface area contributed by atoms with Gasteiger partial charge in [-0.05, 0) is 44.2 Å². The molecule has 1 aliphatic rings. The summed E-state index contributed by atoms with van der Waals surface area (Å²) >= 11 is 0. The molecule has 0 spiro atoms. The molecule has 0 aliphatic heterocycles. The van der Waals surface area contributed by atoms with Gasteiger partial charge >= 0.3 is 0 Å². The lowest BCUT2D eigenvalue weighted by Crippen LogP contribution is -2.34. The molecule has 96 valence electrons. The first-order chi connectivity index (χ1) is 8.24. The highest BCUT2D eigenvalue weighted by Gasteiger charge is 2.31. The zero-order valence-electron chi connectivity index (χ0n) is 10.8. The van der Waals surface area contributed by atoms with Crippen LogP contribution in [0.3, 0.4) is 0 Å². The fourth-order valence-corrected chi connectivity index (χ4v) is 2.31. The highest BCUT2D eigenvalue weighted by atomic mass is 16.3. The van der Waals surface area contributed by atoms with Crippen molar-refractivity contribution >= 4 is 0 Å². The van der Waals surface area contributed by atoms with Crippen LogP contribution in [0.4, 0.5) is 0 Å². The Hall–Kier alpha value is -0.800. The average molecular weight is 237 g/mol. The highest BCUT2D eigenvalue weighted by molar-refractivity contribution is 5.10. The van der Waals surface area contributed by atoms with Gasteiger partial charge in [0.15, 0.2) is 0 Å². The number of aliphatic hydroxyl groups excluding tert-OH is 1. The van der Waals surface area contributed by atoms with Crippen LogP contribution in [0.1, 0.15) is 50.7 Å². The third kappa shape index (κ3) is 3.33. The summed E-state index contributed by atoms with van der Waals surface area (Å²) in [5.41, 5.74) is 0. The largest absolute Gasteiger partial charge is 0.464 e. The monoisotopic (exact) mass is 237 g/mol. The second-order valence-electron chi connectivity index (χ2n) is 5.00. The summed E-state index contributed by atoms with van der Waals surface area (Å²) in [4.78, 5) is 0. The fourth-order valence-electron chi connectivity index (χ4n) is 2.31. The Bertz CT molecular complexity index is 344. The summed E-state index contributed by atoms with van der Waals surface area (Å²) in [6.07, 6.45) is 4.37. The molecular weight excluding hydrogens is 214 g/mol. The third-order valence-corrected chi connectivity index (χ3v) is 3.55. The molecule has 0 saturated heterocycles. The summed E-state index contributed by atoms with van der Waals surface area (Å²) in [5.74, 6) is 2.80. The van der Waals surface area contributed by atoms with Crippen molar-refractivity contribution in [3.63, 3.8) is 0 Å². The molecule has 17 heavy (non-hydrogen) atoms. The van der Waals surface area contributed by atoms with Gasteiger partial charge in [0.25, 0.3) is 0 Å². The van der Waals surface area contributed by atoms with Gasteiger partial charge in [-0.25, -0.2) is 0 Å². The summed E-state index contributed by atoms with van der Waals surface area (Å²) in [5, 5.41) is 12.7. The summed E-state index contributed by atoms with van der Waals surface area (Å²) in [6, 6.07) is 4.77. The van der Waals surface area contributed by atoms with Gasteiger partial charge in [-0.2, -0.15) is 0 Å². The van der Waals surface area contributed by atoms with Crippen molar-refractivity contribution < 1.29 is 9.52 Å². The van der Waals surface area contributed by atoms with E-state index in [9.17, 15) is 0 Å². The van der Waals surface area contributed by atoms with Gasteiger partial charge in [0.05, 0.1) is 6.04 Å². The van der Waals surface area contributed by atoms with Gasteiger partial charge in [-0.3, -0.25) is 0 Å². The van der Waals surface area contributed by atoms with Gasteiger partial charge in [0.2, 0.25) is 0 Å². The van der Waals surface area contributed by atoms with E-state index in [1.807, 2.05) is 6.07 Å². The Kier molecular flexibility index (Phi) is 4.24. The second-order valence-corrected chi connectivity index (χ2v) is 5.00. The zero-order valence-corrected chi connectivity index (χ0v) is 10.8. The molecule has 2 N–H and O–H groups in total. The van der Waals surface area contributed by atoms with Crippen LogP contribution >= 0.6 is 0 Å². The van der Waals surface area contributed by atoms with Crippen LogP contribution < -0.4 is 5.32 Å². The van der Waals surface area contributed by atoms with Crippen LogP contribution in [0.5, 0.6) is 0 Å². The normalized spacial score (nSPS) is 19.2. The number of hydrogen-bond donors (Lipinski definition) is 2. The first-order valence-corrected chi connectivity index (χ1v) is 6.70. The topological polar surface area (TPSA) is 45.4 Å². The van der Waals surface area contributed by atoms with Crippen molar-refractivity contribution in [3.8, 4) is 0 Å². The van der Waals surface area contributed by atoms with Crippen LogP contribution in [0.25, 0.3) is 0 Å². The molecule has 1 aromatic rings.